The molecular formula is C25H26ClNO5S. The Labute approximate surface area is 202 Å². The fourth-order valence-corrected chi connectivity index (χ4v) is 4.65. The number of thiophene rings is 1. The molecule has 33 heavy (non-hydrogen) atoms. The zero-order valence-corrected chi connectivity index (χ0v) is 20.8. The van der Waals surface area contributed by atoms with Gasteiger partial charge in [0.25, 0.3) is 5.91 Å². The number of nitrogens with one attached hydrogen (secondary N) is 1. The highest BCUT2D eigenvalue weighted by atomic mass is 35.5. The summed E-state index contributed by atoms with van der Waals surface area (Å²) in [7, 11) is 1.32. The second kappa shape index (κ2) is 10.7. The molecular weight excluding hydrogens is 462 g/mol. The molecule has 0 unspecified atom stereocenters. The normalized spacial score (nSPS) is 10.6. The Kier molecular flexibility index (Phi) is 8.00. The van der Waals surface area contributed by atoms with Gasteiger partial charge < -0.3 is 19.5 Å². The molecule has 1 amide bonds. The van der Waals surface area contributed by atoms with Crippen molar-refractivity contribution in [1.82, 2.24) is 0 Å². The van der Waals surface area contributed by atoms with Crippen LogP contribution >= 0.6 is 22.9 Å². The van der Waals surface area contributed by atoms with Gasteiger partial charge in [-0.2, -0.15) is 0 Å². The summed E-state index contributed by atoms with van der Waals surface area (Å²) in [5, 5.41) is 3.89. The first-order valence-corrected chi connectivity index (χ1v) is 11.6. The van der Waals surface area contributed by atoms with Crippen molar-refractivity contribution in [1.29, 1.82) is 0 Å². The van der Waals surface area contributed by atoms with Gasteiger partial charge in [0, 0.05) is 15.5 Å². The number of anilines is 1. The lowest BCUT2D eigenvalue weighted by atomic mass is 10.0. The number of rotatable bonds is 8. The van der Waals surface area contributed by atoms with Crippen LogP contribution in [0.4, 0.5) is 5.00 Å². The molecule has 0 aliphatic heterocycles. The highest BCUT2D eigenvalue weighted by Crippen LogP contribution is 2.40. The molecule has 0 radical (unpaired) electrons. The van der Waals surface area contributed by atoms with Crippen molar-refractivity contribution in [2.24, 2.45) is 0 Å². The minimum Gasteiger partial charge on any atom is -0.494 e. The molecule has 0 saturated heterocycles. The van der Waals surface area contributed by atoms with Gasteiger partial charge in [-0.05, 0) is 68.7 Å². The van der Waals surface area contributed by atoms with E-state index in [0.29, 0.717) is 27.9 Å². The summed E-state index contributed by atoms with van der Waals surface area (Å²) in [6.07, 6.45) is 0. The van der Waals surface area contributed by atoms with E-state index in [-0.39, 0.29) is 12.5 Å². The van der Waals surface area contributed by atoms with Crippen LogP contribution in [0.15, 0.2) is 36.4 Å². The monoisotopic (exact) mass is 487 g/mol. The standard InChI is InChI=1S/C25H26ClNO5S/c1-6-31-18-9-7-17(8-10-18)21-16(4)33-24(22(21)25(29)30-5)27-20(28)13-32-19-11-14(2)23(26)15(3)12-19/h7-12H,6,13H2,1-5H3,(H,27,28). The number of methoxy groups -OCH3 is 1. The van der Waals surface area contributed by atoms with Gasteiger partial charge >= 0.3 is 5.97 Å². The summed E-state index contributed by atoms with van der Waals surface area (Å²) in [4.78, 5) is 26.2. The van der Waals surface area contributed by atoms with E-state index < -0.39 is 5.97 Å². The zero-order valence-electron chi connectivity index (χ0n) is 19.2. The lowest BCUT2D eigenvalue weighted by Gasteiger charge is -2.11. The quantitative estimate of drug-likeness (QED) is 0.383. The first kappa shape index (κ1) is 24.6. The van der Waals surface area contributed by atoms with Crippen molar-refractivity contribution in [2.45, 2.75) is 27.7 Å². The van der Waals surface area contributed by atoms with Gasteiger partial charge in [0.15, 0.2) is 6.61 Å². The van der Waals surface area contributed by atoms with E-state index in [4.69, 9.17) is 25.8 Å². The molecule has 0 atom stereocenters. The van der Waals surface area contributed by atoms with Crippen LogP contribution in [0, 0.1) is 20.8 Å². The molecule has 8 heteroatoms. The number of carbonyl (C=O) groups is 2. The van der Waals surface area contributed by atoms with Crippen molar-refractivity contribution in [3.05, 3.63) is 63.0 Å². The first-order chi connectivity index (χ1) is 15.7. The average Bonchev–Trinajstić information content (AvgIpc) is 3.11. The summed E-state index contributed by atoms with van der Waals surface area (Å²) in [5.74, 6) is 0.385. The number of ether oxygens (including phenoxy) is 3. The van der Waals surface area contributed by atoms with Gasteiger partial charge in [0.1, 0.15) is 22.1 Å². The Balaban J connectivity index is 1.83. The van der Waals surface area contributed by atoms with Gasteiger partial charge in [-0.3, -0.25) is 4.79 Å². The third-order valence-electron chi connectivity index (χ3n) is 4.96. The second-order valence-electron chi connectivity index (χ2n) is 7.39. The number of benzene rings is 2. The van der Waals surface area contributed by atoms with E-state index in [0.717, 1.165) is 32.9 Å². The van der Waals surface area contributed by atoms with Crippen LogP contribution in [0.3, 0.4) is 0 Å². The Morgan fingerprint density at radius 2 is 1.64 bits per heavy atom. The molecule has 2 aromatic carbocycles. The van der Waals surface area contributed by atoms with Crippen LogP contribution in [-0.4, -0.2) is 32.2 Å². The number of amides is 1. The maximum absolute atomic E-state index is 12.6. The van der Waals surface area contributed by atoms with Crippen LogP contribution in [-0.2, 0) is 9.53 Å². The average molecular weight is 488 g/mol. The maximum atomic E-state index is 12.6. The van der Waals surface area contributed by atoms with Gasteiger partial charge in [0.05, 0.1) is 13.7 Å². The molecule has 3 rings (SSSR count). The summed E-state index contributed by atoms with van der Waals surface area (Å²) < 4.78 is 16.2. The van der Waals surface area contributed by atoms with Crippen molar-refractivity contribution in [3.8, 4) is 22.6 Å². The van der Waals surface area contributed by atoms with E-state index in [9.17, 15) is 9.59 Å². The van der Waals surface area contributed by atoms with Gasteiger partial charge in [-0.1, -0.05) is 23.7 Å². The Hall–Kier alpha value is -3.03. The molecule has 0 spiro atoms. The third-order valence-corrected chi connectivity index (χ3v) is 6.58. The van der Waals surface area contributed by atoms with Crippen molar-refractivity contribution in [3.63, 3.8) is 0 Å². The molecule has 1 aromatic heterocycles. The van der Waals surface area contributed by atoms with E-state index >= 15 is 0 Å². The van der Waals surface area contributed by atoms with E-state index in [1.807, 2.05) is 52.0 Å². The van der Waals surface area contributed by atoms with E-state index in [2.05, 4.69) is 5.32 Å². The van der Waals surface area contributed by atoms with Crippen molar-refractivity contribution >= 4 is 39.8 Å². The predicted molar refractivity (Wildman–Crippen MR) is 132 cm³/mol. The molecule has 0 aliphatic carbocycles. The Bertz CT molecular complexity index is 1150. The molecule has 0 fully saturated rings. The van der Waals surface area contributed by atoms with Gasteiger partial charge in [-0.25, -0.2) is 4.79 Å². The number of carbonyl (C=O) groups excluding carboxylic acids is 2. The summed E-state index contributed by atoms with van der Waals surface area (Å²) in [6, 6.07) is 11.0. The number of esters is 1. The number of hydrogen-bond donors (Lipinski definition) is 1. The summed E-state index contributed by atoms with van der Waals surface area (Å²) in [5.41, 5.74) is 3.60. The van der Waals surface area contributed by atoms with Crippen molar-refractivity contribution < 1.29 is 23.8 Å². The van der Waals surface area contributed by atoms with E-state index in [1.54, 1.807) is 12.1 Å². The lowest BCUT2D eigenvalue weighted by molar-refractivity contribution is -0.118. The summed E-state index contributed by atoms with van der Waals surface area (Å²) >= 11 is 7.50. The molecule has 1 N–H and O–H groups in total. The number of halogens is 1. The second-order valence-corrected chi connectivity index (χ2v) is 9.00. The SMILES string of the molecule is CCOc1ccc(-c2c(C)sc(NC(=O)COc3cc(C)c(Cl)c(C)c3)c2C(=O)OC)cc1. The van der Waals surface area contributed by atoms with E-state index in [1.165, 1.54) is 18.4 Å². The Morgan fingerprint density at radius 1 is 1.00 bits per heavy atom. The molecule has 0 aliphatic rings. The first-order valence-electron chi connectivity index (χ1n) is 10.4. The topological polar surface area (TPSA) is 73.9 Å². The molecule has 0 bridgehead atoms. The molecule has 3 aromatic rings. The van der Waals surface area contributed by atoms with Crippen LogP contribution in [0.1, 0.15) is 33.3 Å². The smallest absolute Gasteiger partial charge is 0.341 e. The number of aryl methyl sites for hydroxylation is 3. The molecule has 1 heterocycles. The maximum Gasteiger partial charge on any atom is 0.341 e. The third kappa shape index (κ3) is 5.67. The molecule has 6 nitrogen and oxygen atoms in total. The highest BCUT2D eigenvalue weighted by molar-refractivity contribution is 7.17. The zero-order chi connectivity index (χ0) is 24.1. The summed E-state index contributed by atoms with van der Waals surface area (Å²) in [6.45, 7) is 7.92. The Morgan fingerprint density at radius 3 is 2.21 bits per heavy atom. The number of hydrogen-bond acceptors (Lipinski definition) is 6. The van der Waals surface area contributed by atoms with Crippen molar-refractivity contribution in [2.75, 3.05) is 25.6 Å². The minimum absolute atomic E-state index is 0.212. The minimum atomic E-state index is -0.525. The predicted octanol–water partition coefficient (Wildman–Crippen LogP) is 6.20. The van der Waals surface area contributed by atoms with Crippen LogP contribution in [0.2, 0.25) is 5.02 Å². The fraction of sp³-hybridized carbons (Fsp3) is 0.280. The molecule has 0 saturated carbocycles. The molecule has 174 valence electrons. The fourth-order valence-electron chi connectivity index (χ4n) is 3.46. The van der Waals surface area contributed by atoms with Crippen LogP contribution < -0.4 is 14.8 Å². The highest BCUT2D eigenvalue weighted by Gasteiger charge is 2.25. The largest absolute Gasteiger partial charge is 0.494 e. The van der Waals surface area contributed by atoms with Gasteiger partial charge in [-0.15, -0.1) is 11.3 Å². The van der Waals surface area contributed by atoms with Gasteiger partial charge in [0.2, 0.25) is 0 Å². The van der Waals surface area contributed by atoms with Crippen LogP contribution in [0.5, 0.6) is 11.5 Å². The van der Waals surface area contributed by atoms with Crippen LogP contribution in [0.25, 0.3) is 11.1 Å². The lowest BCUT2D eigenvalue weighted by Crippen LogP contribution is -2.21.